The van der Waals surface area contributed by atoms with Gasteiger partial charge >= 0.3 is 0 Å². The Bertz CT molecular complexity index is 67.4. The summed E-state index contributed by atoms with van der Waals surface area (Å²) in [6.45, 7) is 17.1. The minimum Gasteiger partial charge on any atom is -0.314 e. The van der Waals surface area contributed by atoms with E-state index in [0.29, 0.717) is 0 Å². The fourth-order valence-corrected chi connectivity index (χ4v) is 0.246. The van der Waals surface area contributed by atoms with Crippen molar-refractivity contribution in [2.45, 2.75) is 34.1 Å². The van der Waals surface area contributed by atoms with E-state index in [2.05, 4.69) is 32.3 Å². The molecule has 0 saturated heterocycles. The van der Waals surface area contributed by atoms with E-state index < -0.39 is 0 Å². The lowest BCUT2D eigenvalue weighted by Crippen LogP contribution is -2.10. The van der Waals surface area contributed by atoms with Crippen LogP contribution >= 0.6 is 0 Å². The summed E-state index contributed by atoms with van der Waals surface area (Å²) >= 11 is 0. The molecular formula is C11H25N. The molecule has 0 atom stereocenters. The summed E-state index contributed by atoms with van der Waals surface area (Å²) < 4.78 is 0. The molecule has 0 bridgehead atoms. The second-order valence-corrected chi connectivity index (χ2v) is 1.79. The summed E-state index contributed by atoms with van der Waals surface area (Å²) in [5.41, 5.74) is 0. The van der Waals surface area contributed by atoms with Gasteiger partial charge in [-0.3, -0.25) is 0 Å². The van der Waals surface area contributed by atoms with Crippen molar-refractivity contribution in [3.8, 4) is 0 Å². The maximum Gasteiger partial charge on any atom is 0.0132 e. The average Bonchev–Trinajstić information content (AvgIpc) is 2.18. The van der Waals surface area contributed by atoms with Crippen molar-refractivity contribution in [3.05, 3.63) is 25.3 Å². The second-order valence-electron chi connectivity index (χ2n) is 1.79. The van der Waals surface area contributed by atoms with Crippen molar-refractivity contribution in [2.24, 2.45) is 0 Å². The van der Waals surface area contributed by atoms with Crippen LogP contribution in [0.3, 0.4) is 0 Å². The van der Waals surface area contributed by atoms with Crippen molar-refractivity contribution < 1.29 is 0 Å². The van der Waals surface area contributed by atoms with Gasteiger partial charge < -0.3 is 5.32 Å². The quantitative estimate of drug-likeness (QED) is 0.505. The van der Waals surface area contributed by atoms with Gasteiger partial charge in [0.1, 0.15) is 0 Å². The van der Waals surface area contributed by atoms with E-state index >= 15 is 0 Å². The van der Waals surface area contributed by atoms with Crippen LogP contribution in [0, 0.1) is 0 Å². The molecular weight excluding hydrogens is 146 g/mol. The first-order chi connectivity index (χ1) is 5.83. The van der Waals surface area contributed by atoms with Gasteiger partial charge in [0.15, 0.2) is 0 Å². The highest BCUT2D eigenvalue weighted by molar-refractivity contribution is 4.68. The van der Waals surface area contributed by atoms with E-state index in [1.807, 2.05) is 26.0 Å². The summed E-state index contributed by atoms with van der Waals surface area (Å²) in [7, 11) is 0. The fraction of sp³-hybridized carbons (Fsp3) is 0.636. The molecule has 1 nitrogen and oxygen atoms in total. The lowest BCUT2D eigenvalue weighted by Gasteiger charge is -1.88. The third-order valence-corrected chi connectivity index (χ3v) is 0.827. The van der Waals surface area contributed by atoms with Crippen LogP contribution in [0.15, 0.2) is 25.3 Å². The number of likely N-dealkylation sites (N-methyl/N-ethyl adjacent to an activating group) is 1. The van der Waals surface area contributed by atoms with E-state index in [1.165, 1.54) is 0 Å². The summed E-state index contributed by atoms with van der Waals surface area (Å²) in [5.74, 6) is 0. The molecule has 0 aliphatic heterocycles. The highest BCUT2D eigenvalue weighted by Crippen LogP contribution is 1.66. The van der Waals surface area contributed by atoms with Crippen LogP contribution < -0.4 is 5.32 Å². The smallest absolute Gasteiger partial charge is 0.0132 e. The molecule has 0 radical (unpaired) electrons. The van der Waals surface area contributed by atoms with E-state index in [1.54, 1.807) is 0 Å². The lowest BCUT2D eigenvalue weighted by molar-refractivity contribution is 0.800. The Labute approximate surface area is 78.6 Å². The van der Waals surface area contributed by atoms with Gasteiger partial charge in [0.2, 0.25) is 0 Å². The zero-order chi connectivity index (χ0) is 10.2. The SMILES string of the molecule is C=CCC.C=CCNCC.CC. The van der Waals surface area contributed by atoms with Crippen LogP contribution in [0.25, 0.3) is 0 Å². The van der Waals surface area contributed by atoms with Crippen LogP contribution in [0.2, 0.25) is 0 Å². The number of rotatable bonds is 4. The number of hydrogen-bond acceptors (Lipinski definition) is 1. The largest absolute Gasteiger partial charge is 0.314 e. The van der Waals surface area contributed by atoms with Crippen LogP contribution in [-0.4, -0.2) is 13.1 Å². The average molecular weight is 171 g/mol. The van der Waals surface area contributed by atoms with E-state index in [4.69, 9.17) is 0 Å². The van der Waals surface area contributed by atoms with E-state index in [-0.39, 0.29) is 0 Å². The molecule has 0 aliphatic carbocycles. The topological polar surface area (TPSA) is 12.0 Å². The molecule has 0 aliphatic rings. The van der Waals surface area contributed by atoms with Gasteiger partial charge in [-0.2, -0.15) is 0 Å². The van der Waals surface area contributed by atoms with Gasteiger partial charge in [0, 0.05) is 6.54 Å². The zero-order valence-corrected chi connectivity index (χ0v) is 9.19. The Hall–Kier alpha value is -0.560. The number of allylic oxidation sites excluding steroid dienone is 1. The second kappa shape index (κ2) is 31.4. The van der Waals surface area contributed by atoms with Gasteiger partial charge in [0.05, 0.1) is 0 Å². The van der Waals surface area contributed by atoms with Crippen LogP contribution in [-0.2, 0) is 0 Å². The first-order valence-electron chi connectivity index (χ1n) is 4.75. The van der Waals surface area contributed by atoms with Gasteiger partial charge in [-0.05, 0) is 13.0 Å². The van der Waals surface area contributed by atoms with Gasteiger partial charge in [-0.15, -0.1) is 13.2 Å². The standard InChI is InChI=1S/C5H11N.C4H8.C2H6/c1-3-5-6-4-2;1-3-4-2;1-2/h3,6H,1,4-5H2,2H3;3H,1,4H2,2H3;1-2H3. The maximum atomic E-state index is 3.54. The normalized spacial score (nSPS) is 6.67. The zero-order valence-electron chi connectivity index (χ0n) is 9.19. The molecule has 0 amide bonds. The molecule has 0 saturated carbocycles. The first kappa shape index (κ1) is 17.5. The Morgan fingerprint density at radius 2 is 1.50 bits per heavy atom. The predicted octanol–water partition coefficient (Wildman–Crippen LogP) is 3.39. The van der Waals surface area contributed by atoms with Crippen molar-refractivity contribution in [1.82, 2.24) is 5.32 Å². The Morgan fingerprint density at radius 3 is 1.58 bits per heavy atom. The van der Waals surface area contributed by atoms with Gasteiger partial charge in [0.25, 0.3) is 0 Å². The molecule has 0 aromatic carbocycles. The molecule has 12 heavy (non-hydrogen) atoms. The maximum absolute atomic E-state index is 3.54. The van der Waals surface area contributed by atoms with Gasteiger partial charge in [-0.25, -0.2) is 0 Å². The Balaban J connectivity index is -0.000000118. The summed E-state index contributed by atoms with van der Waals surface area (Å²) in [4.78, 5) is 0. The first-order valence-corrected chi connectivity index (χ1v) is 4.75. The highest BCUT2D eigenvalue weighted by atomic mass is 14.8. The summed E-state index contributed by atoms with van der Waals surface area (Å²) in [6.07, 6.45) is 4.81. The molecule has 0 heterocycles. The third-order valence-electron chi connectivity index (χ3n) is 0.827. The molecule has 0 unspecified atom stereocenters. The monoisotopic (exact) mass is 171 g/mol. The molecule has 74 valence electrons. The molecule has 0 rings (SSSR count). The van der Waals surface area contributed by atoms with Crippen molar-refractivity contribution in [2.75, 3.05) is 13.1 Å². The fourth-order valence-electron chi connectivity index (χ4n) is 0.246. The third kappa shape index (κ3) is 56.8. The van der Waals surface area contributed by atoms with Crippen LogP contribution in [0.5, 0.6) is 0 Å². The minimum absolute atomic E-state index is 0.927. The number of nitrogens with one attached hydrogen (secondary N) is 1. The minimum atomic E-state index is 0.927. The molecule has 0 aromatic heterocycles. The molecule has 0 fully saturated rings. The van der Waals surface area contributed by atoms with Crippen LogP contribution in [0.4, 0.5) is 0 Å². The van der Waals surface area contributed by atoms with Crippen molar-refractivity contribution in [3.63, 3.8) is 0 Å². The highest BCUT2D eigenvalue weighted by Gasteiger charge is 1.66. The molecule has 0 spiro atoms. The molecule has 1 heteroatoms. The van der Waals surface area contributed by atoms with E-state index in [9.17, 15) is 0 Å². The van der Waals surface area contributed by atoms with Crippen molar-refractivity contribution in [1.29, 1.82) is 0 Å². The Kier molecular flexibility index (Phi) is 45.9. The summed E-state index contributed by atoms with van der Waals surface area (Å²) in [6, 6.07) is 0. The van der Waals surface area contributed by atoms with Gasteiger partial charge in [-0.1, -0.05) is 39.8 Å². The Morgan fingerprint density at radius 1 is 1.08 bits per heavy atom. The summed E-state index contributed by atoms with van der Waals surface area (Å²) in [5, 5.41) is 3.08. The van der Waals surface area contributed by atoms with Crippen molar-refractivity contribution >= 4 is 0 Å². The predicted molar refractivity (Wildman–Crippen MR) is 60.6 cm³/mol. The molecule has 1 N–H and O–H groups in total. The lowest BCUT2D eigenvalue weighted by atomic mass is 10.5. The van der Waals surface area contributed by atoms with Crippen LogP contribution in [0.1, 0.15) is 34.1 Å². The van der Waals surface area contributed by atoms with E-state index in [0.717, 1.165) is 19.5 Å². The number of hydrogen-bond donors (Lipinski definition) is 1. The molecule has 0 aromatic rings.